The van der Waals surface area contributed by atoms with Crippen molar-refractivity contribution in [2.24, 2.45) is 0 Å². The monoisotopic (exact) mass is 436 g/mol. The minimum absolute atomic E-state index is 0.0701. The van der Waals surface area contributed by atoms with Gasteiger partial charge in [-0.3, -0.25) is 0 Å². The number of nitrogens with zero attached hydrogens (tertiary/aromatic N) is 3. The third-order valence-electron chi connectivity index (χ3n) is 5.14. The zero-order valence-electron chi connectivity index (χ0n) is 18.2. The highest BCUT2D eigenvalue weighted by Crippen LogP contribution is 2.21. The van der Waals surface area contributed by atoms with E-state index in [0.29, 0.717) is 11.3 Å². The van der Waals surface area contributed by atoms with Crippen LogP contribution in [0.25, 0.3) is 22.5 Å². The summed E-state index contributed by atoms with van der Waals surface area (Å²) in [6, 6.07) is 17.7. The maximum atomic E-state index is 11.5. The highest BCUT2D eigenvalue weighted by molar-refractivity contribution is 5.94. The van der Waals surface area contributed by atoms with Crippen molar-refractivity contribution in [1.29, 1.82) is 0 Å². The number of carbonyl (C=O) groups is 1. The Balaban J connectivity index is 1.85. The molecule has 1 aliphatic rings. The smallest absolute Gasteiger partial charge is 0.341 e. The van der Waals surface area contributed by atoms with Gasteiger partial charge in [-0.15, -0.1) is 0 Å². The van der Waals surface area contributed by atoms with Gasteiger partial charge in [0.05, 0.1) is 11.9 Å². The van der Waals surface area contributed by atoms with E-state index in [0.717, 1.165) is 28.8 Å². The molecule has 0 amide bonds. The molecule has 0 radical (unpaired) electrons. The summed E-state index contributed by atoms with van der Waals surface area (Å²) in [5.74, 6) is -1.05. The number of fused-ring (bicyclic) bond motifs is 1. The van der Waals surface area contributed by atoms with Gasteiger partial charge in [0.15, 0.2) is 5.65 Å². The first-order valence-corrected chi connectivity index (χ1v) is 10.6. The van der Waals surface area contributed by atoms with Crippen LogP contribution >= 0.6 is 0 Å². The van der Waals surface area contributed by atoms with Gasteiger partial charge in [-0.25, -0.2) is 14.3 Å². The third-order valence-corrected chi connectivity index (χ3v) is 5.14. The molecule has 0 saturated carbocycles. The van der Waals surface area contributed by atoms with E-state index in [1.807, 2.05) is 55.6 Å². The van der Waals surface area contributed by atoms with Gasteiger partial charge >= 0.3 is 5.97 Å². The Labute approximate surface area is 192 Å². The fourth-order valence-corrected chi connectivity index (χ4v) is 3.40. The van der Waals surface area contributed by atoms with E-state index in [-0.39, 0.29) is 5.56 Å². The average molecular weight is 437 g/mol. The number of hydrogen-bond donors (Lipinski definition) is 2. The maximum Gasteiger partial charge on any atom is 0.341 e. The van der Waals surface area contributed by atoms with E-state index >= 15 is 0 Å². The summed E-state index contributed by atoms with van der Waals surface area (Å²) in [6.07, 6.45) is 16.5. The highest BCUT2D eigenvalue weighted by Gasteiger charge is 2.13. The van der Waals surface area contributed by atoms with Gasteiger partial charge in [0.1, 0.15) is 5.56 Å². The van der Waals surface area contributed by atoms with Gasteiger partial charge in [-0.1, -0.05) is 72.8 Å². The number of rotatable bonds is 4. The molecule has 2 heterocycles. The Morgan fingerprint density at radius 3 is 2.61 bits per heavy atom. The zero-order chi connectivity index (χ0) is 23.0. The number of allylic oxidation sites excluding steroid dienone is 7. The number of nitrogens with one attached hydrogen (secondary N) is 1. The molecule has 0 unspecified atom stereocenters. The number of hydrogen-bond acceptors (Lipinski definition) is 4. The molecule has 1 aromatic carbocycles. The van der Waals surface area contributed by atoms with Crippen LogP contribution in [0.15, 0.2) is 109 Å². The van der Waals surface area contributed by atoms with Gasteiger partial charge in [0.25, 0.3) is 0 Å². The molecule has 164 valence electrons. The Bertz CT molecular complexity index is 1360. The quantitative estimate of drug-likeness (QED) is 0.586. The lowest BCUT2D eigenvalue weighted by Crippen LogP contribution is -2.03. The molecule has 4 rings (SSSR count). The van der Waals surface area contributed by atoms with Crippen LogP contribution < -0.4 is 5.32 Å². The van der Waals surface area contributed by atoms with E-state index in [1.54, 1.807) is 6.20 Å². The lowest BCUT2D eigenvalue weighted by molar-refractivity contribution is 0.0698. The van der Waals surface area contributed by atoms with E-state index in [1.165, 1.54) is 10.7 Å². The van der Waals surface area contributed by atoms with Gasteiger partial charge in [0.2, 0.25) is 0 Å². The van der Waals surface area contributed by atoms with Gasteiger partial charge in [-0.05, 0) is 35.8 Å². The van der Waals surface area contributed by atoms with E-state index in [2.05, 4.69) is 57.9 Å². The third kappa shape index (κ3) is 5.25. The van der Waals surface area contributed by atoms with Crippen molar-refractivity contribution in [3.05, 3.63) is 120 Å². The van der Waals surface area contributed by atoms with Crippen molar-refractivity contribution in [2.45, 2.75) is 6.42 Å². The van der Waals surface area contributed by atoms with E-state index in [4.69, 9.17) is 0 Å². The second-order valence-electron chi connectivity index (χ2n) is 7.33. The van der Waals surface area contributed by atoms with Crippen molar-refractivity contribution < 1.29 is 9.90 Å². The number of likely N-dealkylation sites (N-methyl/N-ethyl adjacent to an activating group) is 1. The van der Waals surface area contributed by atoms with Gasteiger partial charge in [0, 0.05) is 24.5 Å². The van der Waals surface area contributed by atoms with Crippen molar-refractivity contribution in [3.8, 4) is 11.3 Å². The van der Waals surface area contributed by atoms with Crippen LogP contribution in [0, 0.1) is 0 Å². The summed E-state index contributed by atoms with van der Waals surface area (Å²) in [4.78, 5) is 16.1. The van der Waals surface area contributed by atoms with Crippen molar-refractivity contribution >= 4 is 17.2 Å². The topological polar surface area (TPSA) is 79.5 Å². The molecule has 0 saturated heterocycles. The zero-order valence-corrected chi connectivity index (χ0v) is 18.2. The van der Waals surface area contributed by atoms with Crippen molar-refractivity contribution in [1.82, 2.24) is 19.9 Å². The molecule has 0 bridgehead atoms. The average Bonchev–Trinajstić information content (AvgIpc) is 3.29. The summed E-state index contributed by atoms with van der Waals surface area (Å²) in [7, 11) is 1.91. The SMILES string of the molecule is CN/C1=C/C(c2ccccccc(-c3ccn4ncc(C(=O)O)c4n3)cc2)=C\C=C/CC=C1. The molecule has 2 N–H and O–H groups in total. The normalized spacial score (nSPS) is 17.4. The minimum Gasteiger partial charge on any atom is -0.477 e. The second-order valence-corrected chi connectivity index (χ2v) is 7.33. The van der Waals surface area contributed by atoms with Crippen molar-refractivity contribution in [2.75, 3.05) is 7.05 Å². The first kappa shape index (κ1) is 21.8. The Kier molecular flexibility index (Phi) is 6.75. The van der Waals surface area contributed by atoms with Crippen LogP contribution in [0.2, 0.25) is 0 Å². The molecule has 0 fully saturated rings. The van der Waals surface area contributed by atoms with E-state index in [9.17, 15) is 9.90 Å². The minimum atomic E-state index is -1.05. The fraction of sp³-hybridized carbons (Fsp3) is 0.0741. The Morgan fingerprint density at radius 1 is 1.03 bits per heavy atom. The number of aromatic carboxylic acids is 1. The standard InChI is InChI=1S/C27H24N4O2/c1-28-23-13-9-5-4-8-12-22(18-23)20-10-6-2-3-7-11-21(15-14-20)25-16-17-31-26(30-25)24(19-29-31)27(32)33/h2-4,6-19,28H,5H2,1H3,(H,32,33)/b3-2?,6-2?,7-3?,8-4-,10-6?,11-7?,13-9?,15-14?,20-10?,20-14?,21-11?,21-15?,22-12+,23-18+. The number of carboxylic acid groups (broad SMARTS) is 1. The molecule has 0 spiro atoms. The molecule has 1 aliphatic carbocycles. The summed E-state index contributed by atoms with van der Waals surface area (Å²) in [5.41, 5.74) is 4.99. The lowest BCUT2D eigenvalue weighted by atomic mass is 10.0. The molecule has 33 heavy (non-hydrogen) atoms. The Hall–Kier alpha value is -4.45. The first-order valence-electron chi connectivity index (χ1n) is 10.6. The van der Waals surface area contributed by atoms with Crippen LogP contribution in [0.5, 0.6) is 0 Å². The molecular formula is C27H24N4O2. The number of aromatic nitrogens is 3. The molecule has 6 heteroatoms. The first-order chi connectivity index (χ1) is 16.2. The molecule has 2 aromatic heterocycles. The van der Waals surface area contributed by atoms with Crippen LogP contribution in [0.3, 0.4) is 0 Å². The predicted molar refractivity (Wildman–Crippen MR) is 131 cm³/mol. The van der Waals surface area contributed by atoms with Crippen LogP contribution in [0.1, 0.15) is 22.3 Å². The van der Waals surface area contributed by atoms with Gasteiger partial charge in [-0.2, -0.15) is 5.10 Å². The second kappa shape index (κ2) is 10.2. The lowest BCUT2D eigenvalue weighted by Gasteiger charge is -2.05. The van der Waals surface area contributed by atoms with Crippen LogP contribution in [-0.4, -0.2) is 32.7 Å². The molecule has 0 atom stereocenters. The molecule has 0 aliphatic heterocycles. The van der Waals surface area contributed by atoms with Gasteiger partial charge < -0.3 is 10.4 Å². The summed E-state index contributed by atoms with van der Waals surface area (Å²) in [6.45, 7) is 0. The summed E-state index contributed by atoms with van der Waals surface area (Å²) < 4.78 is 1.47. The Morgan fingerprint density at radius 2 is 1.82 bits per heavy atom. The molecule has 3 aromatic rings. The highest BCUT2D eigenvalue weighted by atomic mass is 16.4. The largest absolute Gasteiger partial charge is 0.477 e. The predicted octanol–water partition coefficient (Wildman–Crippen LogP) is 5.22. The fourth-order valence-electron chi connectivity index (χ4n) is 3.40. The number of carboxylic acids is 1. The summed E-state index contributed by atoms with van der Waals surface area (Å²) in [5, 5.41) is 16.7. The maximum absolute atomic E-state index is 11.5. The van der Waals surface area contributed by atoms with E-state index < -0.39 is 5.97 Å². The van der Waals surface area contributed by atoms with Crippen LogP contribution in [0.4, 0.5) is 0 Å². The molecule has 6 nitrogen and oxygen atoms in total. The summed E-state index contributed by atoms with van der Waals surface area (Å²) >= 11 is 0. The van der Waals surface area contributed by atoms with Crippen molar-refractivity contribution in [3.63, 3.8) is 0 Å². The molecular weight excluding hydrogens is 412 g/mol. The van der Waals surface area contributed by atoms with Crippen LogP contribution in [-0.2, 0) is 0 Å².